The Bertz CT molecular complexity index is 648. The molecule has 1 aromatic heterocycles. The predicted molar refractivity (Wildman–Crippen MR) is 79.5 cm³/mol. The van der Waals surface area contributed by atoms with E-state index in [-0.39, 0.29) is 6.04 Å². The molecule has 0 aliphatic rings. The Kier molecular flexibility index (Phi) is 4.75. The molecule has 0 saturated heterocycles. The lowest BCUT2D eigenvalue weighted by Crippen LogP contribution is -2.13. The molecule has 2 aromatic rings. The van der Waals surface area contributed by atoms with Crippen molar-refractivity contribution >= 4 is 0 Å². The van der Waals surface area contributed by atoms with Gasteiger partial charge in [0.2, 0.25) is 0 Å². The second-order valence-electron chi connectivity index (χ2n) is 4.51. The second kappa shape index (κ2) is 6.73. The lowest BCUT2D eigenvalue weighted by atomic mass is 10.2. The summed E-state index contributed by atoms with van der Waals surface area (Å²) in [6.07, 6.45) is 1.67. The van der Waals surface area contributed by atoms with Crippen LogP contribution in [0.2, 0.25) is 0 Å². The highest BCUT2D eigenvalue weighted by Crippen LogP contribution is 2.32. The predicted octanol–water partition coefficient (Wildman–Crippen LogP) is 3.03. The number of nitriles is 1. The van der Waals surface area contributed by atoms with Gasteiger partial charge in [-0.1, -0.05) is 0 Å². The van der Waals surface area contributed by atoms with E-state index in [1.165, 1.54) is 0 Å². The molecule has 1 N–H and O–H groups in total. The van der Waals surface area contributed by atoms with E-state index in [1.807, 2.05) is 26.1 Å². The minimum atomic E-state index is 0.184. The first kappa shape index (κ1) is 14.8. The maximum Gasteiger partial charge on any atom is 0.169 e. The monoisotopic (exact) mass is 283 g/mol. The van der Waals surface area contributed by atoms with E-state index in [2.05, 4.69) is 16.4 Å². The number of aromatic nitrogens is 1. The maximum absolute atomic E-state index is 8.88. The average Bonchev–Trinajstić information content (AvgIpc) is 2.55. The Balaban J connectivity index is 2.20. The van der Waals surface area contributed by atoms with Crippen LogP contribution in [0.15, 0.2) is 36.5 Å². The fraction of sp³-hybridized carbons (Fsp3) is 0.250. The molecule has 1 unspecified atom stereocenters. The molecule has 0 amide bonds. The van der Waals surface area contributed by atoms with Gasteiger partial charge < -0.3 is 14.8 Å². The third kappa shape index (κ3) is 3.50. The molecule has 0 radical (unpaired) electrons. The topological polar surface area (TPSA) is 67.2 Å². The largest absolute Gasteiger partial charge is 0.493 e. The number of rotatable bonds is 5. The Morgan fingerprint density at radius 1 is 1.24 bits per heavy atom. The lowest BCUT2D eigenvalue weighted by Gasteiger charge is -2.12. The smallest absolute Gasteiger partial charge is 0.169 e. The van der Waals surface area contributed by atoms with Crippen LogP contribution in [0.4, 0.5) is 0 Å². The van der Waals surface area contributed by atoms with Crippen molar-refractivity contribution in [2.45, 2.75) is 13.0 Å². The van der Waals surface area contributed by atoms with Crippen LogP contribution in [0, 0.1) is 11.3 Å². The van der Waals surface area contributed by atoms with E-state index >= 15 is 0 Å². The first-order chi connectivity index (χ1) is 10.2. The number of hydrogen-bond donors (Lipinski definition) is 1. The Hall–Kier alpha value is -2.58. The van der Waals surface area contributed by atoms with Gasteiger partial charge in [0.15, 0.2) is 11.5 Å². The third-order valence-corrected chi connectivity index (χ3v) is 3.16. The zero-order chi connectivity index (χ0) is 15.2. The summed E-state index contributed by atoms with van der Waals surface area (Å²) < 4.78 is 11.0. The van der Waals surface area contributed by atoms with E-state index in [1.54, 1.807) is 31.5 Å². The van der Waals surface area contributed by atoms with Crippen LogP contribution in [-0.2, 0) is 0 Å². The van der Waals surface area contributed by atoms with E-state index in [9.17, 15) is 0 Å². The number of ether oxygens (including phenoxy) is 2. The van der Waals surface area contributed by atoms with Crippen LogP contribution in [0.5, 0.6) is 17.2 Å². The highest BCUT2D eigenvalue weighted by Gasteiger charge is 2.08. The van der Waals surface area contributed by atoms with Crippen molar-refractivity contribution in [1.82, 2.24) is 10.3 Å². The molecular formula is C16H17N3O2. The molecule has 1 atom stereocenters. The van der Waals surface area contributed by atoms with Gasteiger partial charge >= 0.3 is 0 Å². The van der Waals surface area contributed by atoms with Crippen LogP contribution < -0.4 is 14.8 Å². The SMILES string of the molecule is CNC(C)c1ccc(Oc2ccc(C#N)cc2OC)cn1. The van der Waals surface area contributed by atoms with Gasteiger partial charge in [0.1, 0.15) is 5.75 Å². The summed E-state index contributed by atoms with van der Waals surface area (Å²) in [5.74, 6) is 1.68. The first-order valence-electron chi connectivity index (χ1n) is 6.57. The van der Waals surface area contributed by atoms with Crippen molar-refractivity contribution in [2.75, 3.05) is 14.2 Å². The number of nitrogens with zero attached hydrogens (tertiary/aromatic N) is 2. The fourth-order valence-corrected chi connectivity index (χ4v) is 1.80. The van der Waals surface area contributed by atoms with Crippen LogP contribution in [0.1, 0.15) is 24.2 Å². The van der Waals surface area contributed by atoms with Crippen molar-refractivity contribution in [2.24, 2.45) is 0 Å². The van der Waals surface area contributed by atoms with Gasteiger partial charge in [0.25, 0.3) is 0 Å². The van der Waals surface area contributed by atoms with Gasteiger partial charge in [0, 0.05) is 12.1 Å². The van der Waals surface area contributed by atoms with E-state index in [0.717, 1.165) is 5.69 Å². The van der Waals surface area contributed by atoms with Crippen molar-refractivity contribution in [3.63, 3.8) is 0 Å². The van der Waals surface area contributed by atoms with Gasteiger partial charge in [0.05, 0.1) is 30.6 Å². The molecule has 0 bridgehead atoms. The molecule has 1 heterocycles. The van der Waals surface area contributed by atoms with Gasteiger partial charge in [-0.3, -0.25) is 4.98 Å². The summed E-state index contributed by atoms with van der Waals surface area (Å²) in [5.41, 5.74) is 1.46. The average molecular weight is 283 g/mol. The van der Waals surface area contributed by atoms with Gasteiger partial charge in [-0.05, 0) is 38.2 Å². The fourth-order valence-electron chi connectivity index (χ4n) is 1.80. The summed E-state index contributed by atoms with van der Waals surface area (Å²) in [6, 6.07) is 11.0. The van der Waals surface area contributed by atoms with Crippen molar-refractivity contribution in [3.05, 3.63) is 47.8 Å². The molecule has 5 nitrogen and oxygen atoms in total. The number of methoxy groups -OCH3 is 1. The Labute approximate surface area is 124 Å². The summed E-state index contributed by atoms with van der Waals surface area (Å²) in [5, 5.41) is 12.0. The summed E-state index contributed by atoms with van der Waals surface area (Å²) in [4.78, 5) is 4.35. The summed E-state index contributed by atoms with van der Waals surface area (Å²) in [7, 11) is 3.43. The van der Waals surface area contributed by atoms with Crippen molar-refractivity contribution < 1.29 is 9.47 Å². The van der Waals surface area contributed by atoms with E-state index < -0.39 is 0 Å². The molecule has 2 rings (SSSR count). The standard InChI is InChI=1S/C16H17N3O2/c1-11(18-2)14-6-5-13(10-19-14)21-15-7-4-12(9-17)8-16(15)20-3/h4-8,10-11,18H,1-3H3. The Morgan fingerprint density at radius 3 is 2.62 bits per heavy atom. The highest BCUT2D eigenvalue weighted by atomic mass is 16.5. The zero-order valence-electron chi connectivity index (χ0n) is 12.3. The van der Waals surface area contributed by atoms with E-state index in [0.29, 0.717) is 22.8 Å². The molecule has 0 spiro atoms. The lowest BCUT2D eigenvalue weighted by molar-refractivity contribution is 0.378. The number of hydrogen-bond acceptors (Lipinski definition) is 5. The van der Waals surface area contributed by atoms with Crippen LogP contribution in [0.3, 0.4) is 0 Å². The normalized spacial score (nSPS) is 11.5. The molecule has 0 fully saturated rings. The minimum Gasteiger partial charge on any atom is -0.493 e. The molecule has 0 saturated carbocycles. The first-order valence-corrected chi connectivity index (χ1v) is 6.57. The maximum atomic E-state index is 8.88. The summed E-state index contributed by atoms with van der Waals surface area (Å²) >= 11 is 0. The molecule has 0 aliphatic heterocycles. The molecule has 1 aromatic carbocycles. The van der Waals surface area contributed by atoms with Crippen LogP contribution >= 0.6 is 0 Å². The van der Waals surface area contributed by atoms with Gasteiger partial charge in [-0.25, -0.2) is 0 Å². The zero-order valence-corrected chi connectivity index (χ0v) is 12.3. The number of pyridine rings is 1. The third-order valence-electron chi connectivity index (χ3n) is 3.16. The molecule has 21 heavy (non-hydrogen) atoms. The van der Waals surface area contributed by atoms with Crippen molar-refractivity contribution in [3.8, 4) is 23.3 Å². The van der Waals surface area contributed by atoms with Crippen molar-refractivity contribution in [1.29, 1.82) is 5.26 Å². The molecule has 5 heteroatoms. The van der Waals surface area contributed by atoms with Gasteiger partial charge in [-0.15, -0.1) is 0 Å². The van der Waals surface area contributed by atoms with Crippen LogP contribution in [0.25, 0.3) is 0 Å². The quantitative estimate of drug-likeness (QED) is 0.913. The number of nitrogens with one attached hydrogen (secondary N) is 1. The van der Waals surface area contributed by atoms with Gasteiger partial charge in [-0.2, -0.15) is 5.26 Å². The minimum absolute atomic E-state index is 0.184. The van der Waals surface area contributed by atoms with Crippen LogP contribution in [-0.4, -0.2) is 19.1 Å². The highest BCUT2D eigenvalue weighted by molar-refractivity contribution is 5.48. The number of benzene rings is 1. The Morgan fingerprint density at radius 2 is 2.05 bits per heavy atom. The molecule has 108 valence electrons. The second-order valence-corrected chi connectivity index (χ2v) is 4.51. The molecular weight excluding hydrogens is 266 g/mol. The molecule has 0 aliphatic carbocycles. The van der Waals surface area contributed by atoms with E-state index in [4.69, 9.17) is 14.7 Å². The summed E-state index contributed by atoms with van der Waals surface area (Å²) in [6.45, 7) is 2.03.